The van der Waals surface area contributed by atoms with Crippen molar-refractivity contribution in [1.82, 2.24) is 9.38 Å². The monoisotopic (exact) mass is 345 g/mol. The lowest BCUT2D eigenvalue weighted by molar-refractivity contribution is 0.00578. The van der Waals surface area contributed by atoms with Crippen molar-refractivity contribution in [1.29, 1.82) is 5.26 Å². The van der Waals surface area contributed by atoms with Crippen LogP contribution < -0.4 is 5.46 Å². The minimum atomic E-state index is -0.426. The third kappa shape index (κ3) is 2.61. The molecule has 6 heteroatoms. The van der Waals surface area contributed by atoms with Crippen LogP contribution in [-0.4, -0.2) is 27.7 Å². The highest BCUT2D eigenvalue weighted by molar-refractivity contribution is 6.62. The van der Waals surface area contributed by atoms with Gasteiger partial charge in [0.2, 0.25) is 0 Å². The number of hydrogen-bond acceptors (Lipinski definition) is 4. The van der Waals surface area contributed by atoms with Crippen molar-refractivity contribution >= 4 is 18.1 Å². The fraction of sp³-hybridized carbons (Fsp3) is 0.300. The maximum atomic E-state index is 9.15. The first-order chi connectivity index (χ1) is 12.3. The molecule has 0 bridgehead atoms. The van der Waals surface area contributed by atoms with E-state index in [0.717, 1.165) is 22.4 Å². The van der Waals surface area contributed by atoms with Crippen molar-refractivity contribution < 1.29 is 9.31 Å². The molecule has 0 amide bonds. The van der Waals surface area contributed by atoms with E-state index in [2.05, 4.69) is 11.1 Å². The van der Waals surface area contributed by atoms with Gasteiger partial charge in [0.25, 0.3) is 0 Å². The van der Waals surface area contributed by atoms with Gasteiger partial charge in [-0.2, -0.15) is 5.26 Å². The van der Waals surface area contributed by atoms with Gasteiger partial charge in [0, 0.05) is 11.8 Å². The van der Waals surface area contributed by atoms with Crippen LogP contribution in [0.15, 0.2) is 48.8 Å². The molecule has 0 atom stereocenters. The molecule has 4 rings (SSSR count). The van der Waals surface area contributed by atoms with E-state index in [0.29, 0.717) is 5.56 Å². The minimum Gasteiger partial charge on any atom is -0.399 e. The van der Waals surface area contributed by atoms with Crippen molar-refractivity contribution in [3.8, 4) is 17.5 Å². The molecule has 130 valence electrons. The third-order valence-electron chi connectivity index (χ3n) is 5.33. The van der Waals surface area contributed by atoms with Gasteiger partial charge in [-0.25, -0.2) is 4.98 Å². The summed E-state index contributed by atoms with van der Waals surface area (Å²) >= 11 is 0. The second-order valence-electron chi connectivity index (χ2n) is 7.62. The van der Waals surface area contributed by atoms with Crippen LogP contribution in [-0.2, 0) is 9.31 Å². The molecule has 0 aliphatic carbocycles. The average Bonchev–Trinajstić information content (AvgIpc) is 3.12. The molecule has 0 unspecified atom stereocenters. The highest BCUT2D eigenvalue weighted by Crippen LogP contribution is 2.36. The Labute approximate surface area is 153 Å². The Balaban J connectivity index is 1.78. The first-order valence-electron chi connectivity index (χ1n) is 8.64. The van der Waals surface area contributed by atoms with Gasteiger partial charge in [-0.3, -0.25) is 0 Å². The molecule has 1 aromatic carbocycles. The number of nitriles is 1. The molecular formula is C20H20BN3O2. The molecule has 1 aliphatic rings. The van der Waals surface area contributed by atoms with Crippen molar-refractivity contribution in [2.24, 2.45) is 0 Å². The molecule has 26 heavy (non-hydrogen) atoms. The first kappa shape index (κ1) is 16.8. The van der Waals surface area contributed by atoms with Gasteiger partial charge in [-0.1, -0.05) is 18.2 Å². The zero-order valence-electron chi connectivity index (χ0n) is 15.4. The quantitative estimate of drug-likeness (QED) is 0.670. The predicted molar refractivity (Wildman–Crippen MR) is 101 cm³/mol. The number of nitrogens with zero attached hydrogens (tertiary/aromatic N) is 3. The van der Waals surface area contributed by atoms with Gasteiger partial charge >= 0.3 is 7.12 Å². The largest absolute Gasteiger partial charge is 0.496 e. The second kappa shape index (κ2) is 5.70. The Bertz CT molecular complexity index is 1020. The zero-order chi connectivity index (χ0) is 18.5. The van der Waals surface area contributed by atoms with Gasteiger partial charge < -0.3 is 13.7 Å². The number of fused-ring (bicyclic) bond motifs is 1. The molecule has 0 spiro atoms. The van der Waals surface area contributed by atoms with Crippen LogP contribution in [0, 0.1) is 11.3 Å². The molecule has 3 aromatic rings. The van der Waals surface area contributed by atoms with Gasteiger partial charge in [0.1, 0.15) is 5.82 Å². The molecule has 0 N–H and O–H groups in total. The van der Waals surface area contributed by atoms with Crippen molar-refractivity contribution in [2.75, 3.05) is 0 Å². The second-order valence-corrected chi connectivity index (χ2v) is 7.62. The van der Waals surface area contributed by atoms with Crippen LogP contribution >= 0.6 is 0 Å². The van der Waals surface area contributed by atoms with E-state index in [1.54, 1.807) is 6.07 Å². The number of pyridine rings is 1. The van der Waals surface area contributed by atoms with E-state index in [1.165, 1.54) is 0 Å². The minimum absolute atomic E-state index is 0.383. The number of hydrogen-bond donors (Lipinski definition) is 0. The Hall–Kier alpha value is -2.62. The number of imidazole rings is 1. The highest BCUT2D eigenvalue weighted by atomic mass is 16.7. The van der Waals surface area contributed by atoms with Crippen LogP contribution in [0.4, 0.5) is 0 Å². The third-order valence-corrected chi connectivity index (χ3v) is 5.33. The Morgan fingerprint density at radius 3 is 2.50 bits per heavy atom. The van der Waals surface area contributed by atoms with Crippen LogP contribution in [0.5, 0.6) is 0 Å². The summed E-state index contributed by atoms with van der Waals surface area (Å²) in [5, 5.41) is 9.15. The van der Waals surface area contributed by atoms with E-state index >= 15 is 0 Å². The fourth-order valence-electron chi connectivity index (χ4n) is 3.07. The van der Waals surface area contributed by atoms with Crippen molar-refractivity contribution in [3.05, 3.63) is 54.4 Å². The molecule has 2 aromatic heterocycles. The smallest absolute Gasteiger partial charge is 0.399 e. The zero-order valence-corrected chi connectivity index (χ0v) is 15.4. The average molecular weight is 345 g/mol. The van der Waals surface area contributed by atoms with Gasteiger partial charge in [-0.05, 0) is 51.4 Å². The normalized spacial score (nSPS) is 18.2. The fourth-order valence-corrected chi connectivity index (χ4v) is 3.07. The van der Waals surface area contributed by atoms with E-state index in [-0.39, 0.29) is 11.2 Å². The summed E-state index contributed by atoms with van der Waals surface area (Å²) in [7, 11) is -0.426. The lowest BCUT2D eigenvalue weighted by Gasteiger charge is -2.32. The molecule has 3 heterocycles. The van der Waals surface area contributed by atoms with E-state index in [1.807, 2.05) is 74.8 Å². The van der Waals surface area contributed by atoms with Crippen LogP contribution in [0.3, 0.4) is 0 Å². The van der Waals surface area contributed by atoms with Gasteiger partial charge in [-0.15, -0.1) is 0 Å². The lowest BCUT2D eigenvalue weighted by atomic mass is 9.80. The number of benzene rings is 1. The molecule has 0 radical (unpaired) electrons. The summed E-state index contributed by atoms with van der Waals surface area (Å²) in [6.45, 7) is 8.17. The Morgan fingerprint density at radius 2 is 1.81 bits per heavy atom. The summed E-state index contributed by atoms with van der Waals surface area (Å²) in [6.07, 6.45) is 3.82. The molecule has 0 saturated carbocycles. The van der Waals surface area contributed by atoms with Crippen LogP contribution in [0.1, 0.15) is 33.3 Å². The first-order valence-corrected chi connectivity index (χ1v) is 8.64. The molecule has 1 saturated heterocycles. The molecule has 5 nitrogen and oxygen atoms in total. The Morgan fingerprint density at radius 1 is 1.08 bits per heavy atom. The van der Waals surface area contributed by atoms with E-state index in [9.17, 15) is 0 Å². The maximum absolute atomic E-state index is 9.15. The highest BCUT2D eigenvalue weighted by Gasteiger charge is 2.51. The summed E-state index contributed by atoms with van der Waals surface area (Å²) in [5.74, 6) is 0.787. The van der Waals surface area contributed by atoms with Gasteiger partial charge in [0.15, 0.2) is 0 Å². The standard InChI is InChI=1S/C20H20BN3O2/c1-19(2)20(3,4)26-21(25-19)16-8-9-17-12-23-18(24(17)13-16)15-7-5-6-14(10-15)11-22/h5-10,12-13H,1-4H3. The van der Waals surface area contributed by atoms with Gasteiger partial charge in [0.05, 0.1) is 34.5 Å². The summed E-state index contributed by atoms with van der Waals surface area (Å²) < 4.78 is 14.3. The molecule has 1 aliphatic heterocycles. The van der Waals surface area contributed by atoms with Crippen LogP contribution in [0.25, 0.3) is 16.9 Å². The van der Waals surface area contributed by atoms with Crippen molar-refractivity contribution in [3.63, 3.8) is 0 Å². The summed E-state index contributed by atoms with van der Waals surface area (Å²) in [4.78, 5) is 4.54. The lowest BCUT2D eigenvalue weighted by Crippen LogP contribution is -2.41. The molecule has 1 fully saturated rings. The van der Waals surface area contributed by atoms with E-state index < -0.39 is 7.12 Å². The summed E-state index contributed by atoms with van der Waals surface area (Å²) in [5.41, 5.74) is 2.66. The summed E-state index contributed by atoms with van der Waals surface area (Å²) in [6, 6.07) is 13.6. The number of aromatic nitrogens is 2. The number of rotatable bonds is 2. The SMILES string of the molecule is CC1(C)OB(c2ccc3cnc(-c4cccc(C#N)c4)n3c2)OC1(C)C. The molecular weight excluding hydrogens is 325 g/mol. The predicted octanol–water partition coefficient (Wildman–Crippen LogP) is 3.17. The van der Waals surface area contributed by atoms with Crippen LogP contribution in [0.2, 0.25) is 0 Å². The maximum Gasteiger partial charge on any atom is 0.496 e. The Kier molecular flexibility index (Phi) is 3.69. The topological polar surface area (TPSA) is 59.5 Å². The van der Waals surface area contributed by atoms with Crippen molar-refractivity contribution in [2.45, 2.75) is 38.9 Å². The van der Waals surface area contributed by atoms with E-state index in [4.69, 9.17) is 14.6 Å².